The van der Waals surface area contributed by atoms with Crippen LogP contribution in [0.3, 0.4) is 0 Å². The number of rotatable bonds is 1. The van der Waals surface area contributed by atoms with E-state index >= 15 is 0 Å². The zero-order valence-corrected chi connectivity index (χ0v) is 7.68. The van der Waals surface area contributed by atoms with Crippen LogP contribution in [0.25, 0.3) is 0 Å². The van der Waals surface area contributed by atoms with Gasteiger partial charge in [0.25, 0.3) is 0 Å². The summed E-state index contributed by atoms with van der Waals surface area (Å²) >= 11 is 0. The summed E-state index contributed by atoms with van der Waals surface area (Å²) in [4.78, 5) is 12.1. The molecule has 0 aliphatic heterocycles. The first kappa shape index (κ1) is 9.43. The number of amides is 1. The highest BCUT2D eigenvalue weighted by molar-refractivity contribution is 5.75. The summed E-state index contributed by atoms with van der Waals surface area (Å²) in [5.74, 6) is 0. The maximum Gasteiger partial charge on any atom is 0.428 e. The van der Waals surface area contributed by atoms with Crippen molar-refractivity contribution < 1.29 is 9.53 Å². The van der Waals surface area contributed by atoms with Gasteiger partial charge in [0.1, 0.15) is 5.60 Å². The Morgan fingerprint density at radius 1 is 1.54 bits per heavy atom. The molecule has 72 valence electrons. The second kappa shape index (κ2) is 3.38. The monoisotopic (exact) mass is 185 g/mol. The number of hydrogen-bond acceptors (Lipinski definition) is 5. The Morgan fingerprint density at radius 2 is 2.23 bits per heavy atom. The van der Waals surface area contributed by atoms with Crippen LogP contribution in [0.4, 0.5) is 4.79 Å². The summed E-state index contributed by atoms with van der Waals surface area (Å²) in [5.41, 5.74) is 1.77. The van der Waals surface area contributed by atoms with Crippen molar-refractivity contribution in [1.29, 1.82) is 0 Å². The largest absolute Gasteiger partial charge is 0.443 e. The molecular weight excluding hydrogens is 174 g/mol. The van der Waals surface area contributed by atoms with Crippen molar-refractivity contribution in [2.75, 3.05) is 5.43 Å². The number of carbonyl (C=O) groups is 1. The molecule has 0 aliphatic rings. The highest BCUT2D eigenvalue weighted by atomic mass is 16.6. The van der Waals surface area contributed by atoms with E-state index in [9.17, 15) is 4.79 Å². The molecule has 0 spiro atoms. The summed E-state index contributed by atoms with van der Waals surface area (Å²) in [5, 5.41) is 10.1. The van der Waals surface area contributed by atoms with Crippen LogP contribution in [0.1, 0.15) is 20.8 Å². The predicted octanol–water partition coefficient (Wildman–Crippen LogP) is 0.152. The molecular formula is C6H11N5O2. The second-order valence-electron chi connectivity index (χ2n) is 3.37. The Balaban J connectivity index is 2.43. The van der Waals surface area contributed by atoms with Gasteiger partial charge in [-0.05, 0) is 31.2 Å². The Kier molecular flexibility index (Phi) is 2.45. The highest BCUT2D eigenvalue weighted by Gasteiger charge is 2.16. The predicted molar refractivity (Wildman–Crippen MR) is 43.4 cm³/mol. The van der Waals surface area contributed by atoms with Gasteiger partial charge in [-0.25, -0.2) is 10.2 Å². The molecule has 0 atom stereocenters. The van der Waals surface area contributed by atoms with E-state index in [1.54, 1.807) is 20.8 Å². The quantitative estimate of drug-likeness (QED) is 0.673. The van der Waals surface area contributed by atoms with Crippen LogP contribution in [0.2, 0.25) is 0 Å². The molecule has 0 fully saturated rings. The van der Waals surface area contributed by atoms with E-state index in [-0.39, 0.29) is 0 Å². The molecule has 0 radical (unpaired) electrons. The van der Waals surface area contributed by atoms with Gasteiger partial charge in [0.2, 0.25) is 0 Å². The van der Waals surface area contributed by atoms with E-state index in [1.807, 2.05) is 0 Å². The molecule has 0 aromatic carbocycles. The Morgan fingerprint density at radius 3 is 2.69 bits per heavy atom. The molecule has 1 N–H and O–H groups in total. The Labute approximate surface area is 75.0 Å². The van der Waals surface area contributed by atoms with Crippen LogP contribution in [-0.2, 0) is 4.74 Å². The molecule has 0 saturated heterocycles. The number of hydrogen-bond donors (Lipinski definition) is 1. The third kappa shape index (κ3) is 3.50. The van der Waals surface area contributed by atoms with Crippen LogP contribution in [0, 0.1) is 0 Å². The number of nitrogens with one attached hydrogen (secondary N) is 1. The fraction of sp³-hybridized carbons (Fsp3) is 0.667. The number of carbonyl (C=O) groups excluding carboxylic acids is 1. The maximum atomic E-state index is 11.1. The fourth-order valence-corrected chi connectivity index (χ4v) is 0.607. The third-order valence-electron chi connectivity index (χ3n) is 0.954. The molecule has 7 heteroatoms. The summed E-state index contributed by atoms with van der Waals surface area (Å²) in [6.45, 7) is 5.31. The van der Waals surface area contributed by atoms with E-state index in [0.717, 1.165) is 4.79 Å². The summed E-state index contributed by atoms with van der Waals surface area (Å²) in [7, 11) is 0. The summed E-state index contributed by atoms with van der Waals surface area (Å²) in [6.07, 6.45) is 0.656. The van der Waals surface area contributed by atoms with E-state index in [1.165, 1.54) is 6.33 Å². The van der Waals surface area contributed by atoms with Crippen molar-refractivity contribution in [3.8, 4) is 0 Å². The highest BCUT2D eigenvalue weighted by Crippen LogP contribution is 2.06. The summed E-state index contributed by atoms with van der Waals surface area (Å²) < 4.78 is 4.94. The SMILES string of the molecule is CC(C)(C)OC(=O)Nn1cnnn1. The van der Waals surface area contributed by atoms with Crippen molar-refractivity contribution in [3.63, 3.8) is 0 Å². The van der Waals surface area contributed by atoms with Gasteiger partial charge < -0.3 is 4.74 Å². The van der Waals surface area contributed by atoms with Crippen molar-refractivity contribution in [1.82, 2.24) is 20.3 Å². The zero-order valence-electron chi connectivity index (χ0n) is 7.68. The average Bonchev–Trinajstić information content (AvgIpc) is 2.34. The molecule has 7 nitrogen and oxygen atoms in total. The molecule has 1 heterocycles. The third-order valence-corrected chi connectivity index (χ3v) is 0.954. The minimum atomic E-state index is -0.597. The van der Waals surface area contributed by atoms with Gasteiger partial charge in [-0.3, -0.25) is 0 Å². The zero-order chi connectivity index (χ0) is 9.90. The van der Waals surface area contributed by atoms with Gasteiger partial charge in [-0.15, -0.1) is 9.89 Å². The molecule has 0 aliphatic carbocycles. The summed E-state index contributed by atoms with van der Waals surface area (Å²) in [6, 6.07) is 0. The van der Waals surface area contributed by atoms with Crippen LogP contribution in [0.5, 0.6) is 0 Å². The number of nitrogens with zero attached hydrogens (tertiary/aromatic N) is 4. The number of aromatic nitrogens is 4. The van der Waals surface area contributed by atoms with E-state index < -0.39 is 11.7 Å². The minimum Gasteiger partial charge on any atom is -0.443 e. The van der Waals surface area contributed by atoms with Gasteiger partial charge in [-0.1, -0.05) is 0 Å². The van der Waals surface area contributed by atoms with E-state index in [0.29, 0.717) is 0 Å². The van der Waals surface area contributed by atoms with Crippen LogP contribution >= 0.6 is 0 Å². The molecule has 1 rings (SSSR count). The lowest BCUT2D eigenvalue weighted by atomic mass is 10.2. The first-order valence-electron chi connectivity index (χ1n) is 3.70. The number of tetrazole rings is 1. The van der Waals surface area contributed by atoms with Crippen molar-refractivity contribution >= 4 is 6.09 Å². The lowest BCUT2D eigenvalue weighted by Gasteiger charge is -2.19. The Hall–Kier alpha value is -1.66. The molecule has 1 aromatic heterocycles. The van der Waals surface area contributed by atoms with E-state index in [4.69, 9.17) is 4.74 Å². The lowest BCUT2D eigenvalue weighted by molar-refractivity contribution is 0.0609. The molecule has 13 heavy (non-hydrogen) atoms. The molecule has 0 unspecified atom stereocenters. The van der Waals surface area contributed by atoms with Crippen LogP contribution in [0.15, 0.2) is 6.33 Å². The molecule has 1 amide bonds. The topological polar surface area (TPSA) is 81.9 Å². The molecule has 0 saturated carbocycles. The molecule has 0 bridgehead atoms. The van der Waals surface area contributed by atoms with E-state index in [2.05, 4.69) is 21.0 Å². The second-order valence-corrected chi connectivity index (χ2v) is 3.37. The van der Waals surface area contributed by atoms with Crippen molar-refractivity contribution in [2.24, 2.45) is 0 Å². The number of ether oxygens (including phenoxy) is 1. The van der Waals surface area contributed by atoms with Crippen LogP contribution < -0.4 is 5.43 Å². The molecule has 1 aromatic rings. The van der Waals surface area contributed by atoms with Crippen molar-refractivity contribution in [3.05, 3.63) is 6.33 Å². The lowest BCUT2D eigenvalue weighted by Crippen LogP contribution is -2.31. The van der Waals surface area contributed by atoms with Gasteiger partial charge in [0.15, 0.2) is 6.33 Å². The minimum absolute atomic E-state index is 0.530. The van der Waals surface area contributed by atoms with Crippen LogP contribution in [-0.4, -0.2) is 32.0 Å². The standard InChI is InChI=1S/C6H11N5O2/c1-6(2,3)13-5(12)8-11-4-7-9-10-11/h4H,1-3H3,(H,8,12). The van der Waals surface area contributed by atoms with Gasteiger partial charge in [0, 0.05) is 0 Å². The normalized spacial score (nSPS) is 11.0. The smallest absolute Gasteiger partial charge is 0.428 e. The fourth-order valence-electron chi connectivity index (χ4n) is 0.607. The first-order valence-corrected chi connectivity index (χ1v) is 3.70. The average molecular weight is 185 g/mol. The Bertz CT molecular complexity index is 276. The first-order chi connectivity index (χ1) is 5.97. The van der Waals surface area contributed by atoms with Gasteiger partial charge in [0.05, 0.1) is 0 Å². The van der Waals surface area contributed by atoms with Crippen molar-refractivity contribution in [2.45, 2.75) is 26.4 Å². The van der Waals surface area contributed by atoms with Gasteiger partial charge in [-0.2, -0.15) is 0 Å². The maximum absolute atomic E-state index is 11.1. The van der Waals surface area contributed by atoms with Gasteiger partial charge >= 0.3 is 6.09 Å².